The van der Waals surface area contributed by atoms with Crippen LogP contribution in [0.5, 0.6) is 5.75 Å². The van der Waals surface area contributed by atoms with E-state index in [9.17, 15) is 4.79 Å². The second kappa shape index (κ2) is 5.73. The van der Waals surface area contributed by atoms with Crippen LogP contribution >= 0.6 is 0 Å². The number of nitrogens with zero attached hydrogens (tertiary/aromatic N) is 1. The molecule has 0 bridgehead atoms. The first-order chi connectivity index (χ1) is 10.7. The van der Waals surface area contributed by atoms with Crippen molar-refractivity contribution in [3.63, 3.8) is 0 Å². The third-order valence-corrected chi connectivity index (χ3v) is 3.24. The van der Waals surface area contributed by atoms with Crippen LogP contribution in [-0.2, 0) is 0 Å². The van der Waals surface area contributed by atoms with Gasteiger partial charge < -0.3 is 14.9 Å². The van der Waals surface area contributed by atoms with Crippen LogP contribution in [0.25, 0.3) is 11.5 Å². The van der Waals surface area contributed by atoms with Gasteiger partial charge in [0.15, 0.2) is 5.69 Å². The second-order valence-electron chi connectivity index (χ2n) is 4.63. The van der Waals surface area contributed by atoms with E-state index in [0.29, 0.717) is 17.2 Å². The Labute approximate surface area is 127 Å². The van der Waals surface area contributed by atoms with Crippen molar-refractivity contribution in [2.45, 2.75) is 0 Å². The predicted octanol–water partition coefficient (Wildman–Crippen LogP) is 3.16. The van der Waals surface area contributed by atoms with Gasteiger partial charge in [-0.05, 0) is 24.3 Å². The summed E-state index contributed by atoms with van der Waals surface area (Å²) in [4.78, 5) is 16.8. The van der Waals surface area contributed by atoms with Gasteiger partial charge in [0.25, 0.3) is 0 Å². The summed E-state index contributed by atoms with van der Waals surface area (Å²) in [6.45, 7) is 0. The molecule has 0 aliphatic carbocycles. The average Bonchev–Trinajstić information content (AvgIpc) is 2.97. The maximum absolute atomic E-state index is 12.6. The molecular weight excluding hydrogens is 280 g/mol. The molecule has 1 heterocycles. The normalized spacial score (nSPS) is 10.4. The van der Waals surface area contributed by atoms with E-state index in [2.05, 4.69) is 4.98 Å². The van der Waals surface area contributed by atoms with Crippen molar-refractivity contribution in [1.82, 2.24) is 4.98 Å². The molecule has 2 aromatic carbocycles. The second-order valence-corrected chi connectivity index (χ2v) is 4.63. The molecule has 5 nitrogen and oxygen atoms in total. The largest absolute Gasteiger partial charge is 0.496 e. The Balaban J connectivity index is 2.02. The van der Waals surface area contributed by atoms with E-state index >= 15 is 0 Å². The molecule has 1 aromatic heterocycles. The summed E-state index contributed by atoms with van der Waals surface area (Å²) in [6.07, 6.45) is 0. The fourth-order valence-corrected chi connectivity index (χ4v) is 2.16. The molecule has 0 aliphatic rings. The van der Waals surface area contributed by atoms with Gasteiger partial charge in [-0.1, -0.05) is 30.3 Å². The molecule has 5 heteroatoms. The summed E-state index contributed by atoms with van der Waals surface area (Å²) in [7, 11) is 1.51. The molecule has 0 saturated carbocycles. The number of oxazole rings is 1. The van der Waals surface area contributed by atoms with E-state index in [1.165, 1.54) is 7.11 Å². The Morgan fingerprint density at radius 1 is 1.09 bits per heavy atom. The van der Waals surface area contributed by atoms with Gasteiger partial charge in [0.05, 0.1) is 12.7 Å². The number of hydrogen-bond donors (Lipinski definition) is 1. The van der Waals surface area contributed by atoms with E-state index in [1.807, 2.05) is 30.3 Å². The number of aromatic nitrogens is 1. The number of rotatable bonds is 4. The number of methoxy groups -OCH3 is 1. The van der Waals surface area contributed by atoms with E-state index in [-0.39, 0.29) is 17.4 Å². The highest BCUT2D eigenvalue weighted by molar-refractivity contribution is 6.12. The molecule has 0 fully saturated rings. The van der Waals surface area contributed by atoms with Gasteiger partial charge in [0.1, 0.15) is 5.75 Å². The van der Waals surface area contributed by atoms with Gasteiger partial charge in [0, 0.05) is 5.56 Å². The monoisotopic (exact) mass is 294 g/mol. The standard InChI is InChI=1S/C17H14N2O3/c1-21-13-10-6-5-9-12(13)15(20)14-16(18)22-17(19-14)11-7-3-2-4-8-11/h2-10H,18H2,1H3. The summed E-state index contributed by atoms with van der Waals surface area (Å²) < 4.78 is 10.6. The Kier molecular flexibility index (Phi) is 3.62. The summed E-state index contributed by atoms with van der Waals surface area (Å²) in [5, 5.41) is 0. The number of nitrogen functional groups attached to an aromatic ring is 1. The Morgan fingerprint density at radius 3 is 2.50 bits per heavy atom. The lowest BCUT2D eigenvalue weighted by molar-refractivity contribution is 0.103. The number of anilines is 1. The van der Waals surface area contributed by atoms with Crippen molar-refractivity contribution in [2.24, 2.45) is 0 Å². The van der Waals surface area contributed by atoms with Crippen LogP contribution in [0.2, 0.25) is 0 Å². The zero-order chi connectivity index (χ0) is 15.5. The number of ether oxygens (including phenoxy) is 1. The molecule has 22 heavy (non-hydrogen) atoms. The van der Waals surface area contributed by atoms with Crippen molar-refractivity contribution >= 4 is 11.7 Å². The number of hydrogen-bond acceptors (Lipinski definition) is 5. The molecule has 0 unspecified atom stereocenters. The van der Waals surface area contributed by atoms with Crippen LogP contribution in [0.1, 0.15) is 16.1 Å². The van der Waals surface area contributed by atoms with Crippen molar-refractivity contribution < 1.29 is 13.9 Å². The molecule has 0 radical (unpaired) electrons. The summed E-state index contributed by atoms with van der Waals surface area (Å²) in [6, 6.07) is 16.2. The third-order valence-electron chi connectivity index (χ3n) is 3.24. The van der Waals surface area contributed by atoms with Gasteiger partial charge in [-0.25, -0.2) is 4.98 Å². The lowest BCUT2D eigenvalue weighted by atomic mass is 10.1. The fraction of sp³-hybridized carbons (Fsp3) is 0.0588. The zero-order valence-electron chi connectivity index (χ0n) is 11.9. The molecule has 0 spiro atoms. The smallest absolute Gasteiger partial charge is 0.229 e. The number of benzene rings is 2. The summed E-state index contributed by atoms with van der Waals surface area (Å²) in [5.41, 5.74) is 7.05. The predicted molar refractivity (Wildman–Crippen MR) is 82.8 cm³/mol. The number of carbonyl (C=O) groups excluding carboxylic acids is 1. The Hall–Kier alpha value is -3.08. The molecule has 3 aromatic rings. The zero-order valence-corrected chi connectivity index (χ0v) is 11.9. The molecule has 3 rings (SSSR count). The van der Waals surface area contributed by atoms with Crippen LogP contribution in [0, 0.1) is 0 Å². The first-order valence-electron chi connectivity index (χ1n) is 6.70. The summed E-state index contributed by atoms with van der Waals surface area (Å²) >= 11 is 0. The highest BCUT2D eigenvalue weighted by Crippen LogP contribution is 2.27. The van der Waals surface area contributed by atoms with Crippen molar-refractivity contribution in [1.29, 1.82) is 0 Å². The lowest BCUT2D eigenvalue weighted by Crippen LogP contribution is -2.06. The van der Waals surface area contributed by atoms with Gasteiger partial charge in [0.2, 0.25) is 17.6 Å². The lowest BCUT2D eigenvalue weighted by Gasteiger charge is -2.05. The van der Waals surface area contributed by atoms with E-state index in [4.69, 9.17) is 14.9 Å². The number of carbonyl (C=O) groups is 1. The van der Waals surface area contributed by atoms with E-state index < -0.39 is 0 Å². The molecule has 0 amide bonds. The Bertz CT molecular complexity index is 810. The molecule has 110 valence electrons. The Morgan fingerprint density at radius 2 is 1.77 bits per heavy atom. The molecule has 0 saturated heterocycles. The minimum Gasteiger partial charge on any atom is -0.496 e. The topological polar surface area (TPSA) is 78.3 Å². The first-order valence-corrected chi connectivity index (χ1v) is 6.70. The van der Waals surface area contributed by atoms with E-state index in [0.717, 1.165) is 5.56 Å². The van der Waals surface area contributed by atoms with Crippen molar-refractivity contribution in [3.8, 4) is 17.2 Å². The first kappa shape index (κ1) is 13.9. The SMILES string of the molecule is COc1ccccc1C(=O)c1nc(-c2ccccc2)oc1N. The number of ketones is 1. The van der Waals surface area contributed by atoms with Gasteiger partial charge in [-0.15, -0.1) is 0 Å². The maximum atomic E-state index is 12.6. The van der Waals surface area contributed by atoms with Crippen LogP contribution < -0.4 is 10.5 Å². The minimum absolute atomic E-state index is 0.00485. The van der Waals surface area contributed by atoms with E-state index in [1.54, 1.807) is 24.3 Å². The summed E-state index contributed by atoms with van der Waals surface area (Å²) in [5.74, 6) is 0.447. The average molecular weight is 294 g/mol. The number of nitrogens with two attached hydrogens (primary N) is 1. The van der Waals surface area contributed by atoms with Crippen LogP contribution in [-0.4, -0.2) is 17.9 Å². The quantitative estimate of drug-likeness (QED) is 0.748. The molecule has 0 aliphatic heterocycles. The van der Waals surface area contributed by atoms with Crippen LogP contribution in [0.3, 0.4) is 0 Å². The van der Waals surface area contributed by atoms with Gasteiger partial charge in [-0.2, -0.15) is 0 Å². The molecule has 0 atom stereocenters. The number of para-hydroxylation sites is 1. The van der Waals surface area contributed by atoms with Crippen molar-refractivity contribution in [3.05, 3.63) is 65.9 Å². The minimum atomic E-state index is -0.333. The molecule has 2 N–H and O–H groups in total. The van der Waals surface area contributed by atoms with Crippen molar-refractivity contribution in [2.75, 3.05) is 12.8 Å². The fourth-order valence-electron chi connectivity index (χ4n) is 2.16. The van der Waals surface area contributed by atoms with Gasteiger partial charge in [-0.3, -0.25) is 4.79 Å². The van der Waals surface area contributed by atoms with Crippen LogP contribution in [0.15, 0.2) is 59.0 Å². The highest BCUT2D eigenvalue weighted by atomic mass is 16.5. The molecular formula is C17H14N2O3. The van der Waals surface area contributed by atoms with Gasteiger partial charge >= 0.3 is 0 Å². The van der Waals surface area contributed by atoms with Crippen LogP contribution in [0.4, 0.5) is 5.88 Å². The highest BCUT2D eigenvalue weighted by Gasteiger charge is 2.22. The third kappa shape index (κ3) is 2.44. The maximum Gasteiger partial charge on any atom is 0.229 e.